The van der Waals surface area contributed by atoms with E-state index in [0.29, 0.717) is 32.5 Å². The first kappa shape index (κ1) is 12.6. The average Bonchev–Trinajstić information content (AvgIpc) is 2.63. The van der Waals surface area contributed by atoms with Crippen LogP contribution < -0.4 is 0 Å². The van der Waals surface area contributed by atoms with Crippen molar-refractivity contribution in [3.8, 4) is 0 Å². The van der Waals surface area contributed by atoms with E-state index in [4.69, 9.17) is 9.47 Å². The van der Waals surface area contributed by atoms with Crippen molar-refractivity contribution in [1.82, 2.24) is 0 Å². The third kappa shape index (κ3) is 4.28. The minimum absolute atomic E-state index is 0.0738. The van der Waals surface area contributed by atoms with Crippen LogP contribution in [0.1, 0.15) is 39.5 Å². The van der Waals surface area contributed by atoms with Gasteiger partial charge in [0.1, 0.15) is 5.78 Å². The summed E-state index contributed by atoms with van der Waals surface area (Å²) in [6.45, 7) is 4.91. The maximum absolute atomic E-state index is 11.4. The lowest BCUT2D eigenvalue weighted by Gasteiger charge is -2.21. The van der Waals surface area contributed by atoms with Gasteiger partial charge in [-0.3, -0.25) is 4.79 Å². The summed E-state index contributed by atoms with van der Waals surface area (Å²) >= 11 is 0. The number of ether oxygens (including phenoxy) is 2. The Balaban J connectivity index is 2.21. The van der Waals surface area contributed by atoms with E-state index >= 15 is 0 Å². The molecule has 0 bridgehead atoms. The standard InChI is InChI=1S/C11H20O4/c1-3-9(12)8-10(13)4-5-11(2)14-6-7-15-11/h9,12H,3-8H2,1-2H3. The summed E-state index contributed by atoms with van der Waals surface area (Å²) in [4.78, 5) is 11.4. The Morgan fingerprint density at radius 1 is 1.47 bits per heavy atom. The van der Waals surface area contributed by atoms with Crippen molar-refractivity contribution in [3.05, 3.63) is 0 Å². The van der Waals surface area contributed by atoms with Crippen LogP contribution in [0.25, 0.3) is 0 Å². The van der Waals surface area contributed by atoms with Crippen LogP contribution in [0.2, 0.25) is 0 Å². The van der Waals surface area contributed by atoms with Crippen molar-refractivity contribution in [2.24, 2.45) is 0 Å². The van der Waals surface area contributed by atoms with Gasteiger partial charge >= 0.3 is 0 Å². The molecule has 1 atom stereocenters. The number of carbonyl (C=O) groups excluding carboxylic acids is 1. The molecule has 4 heteroatoms. The molecule has 0 radical (unpaired) electrons. The number of carbonyl (C=O) groups is 1. The van der Waals surface area contributed by atoms with Gasteiger partial charge in [-0.15, -0.1) is 0 Å². The van der Waals surface area contributed by atoms with Gasteiger partial charge in [-0.1, -0.05) is 6.92 Å². The molecule has 0 aromatic heterocycles. The highest BCUT2D eigenvalue weighted by Gasteiger charge is 2.31. The maximum Gasteiger partial charge on any atom is 0.166 e. The lowest BCUT2D eigenvalue weighted by molar-refractivity contribution is -0.152. The van der Waals surface area contributed by atoms with Gasteiger partial charge in [0.05, 0.1) is 19.3 Å². The maximum atomic E-state index is 11.4. The predicted molar refractivity (Wildman–Crippen MR) is 55.5 cm³/mol. The molecule has 1 aliphatic heterocycles. The van der Waals surface area contributed by atoms with Gasteiger partial charge < -0.3 is 14.6 Å². The zero-order chi connectivity index (χ0) is 11.3. The van der Waals surface area contributed by atoms with Crippen LogP contribution in [0.15, 0.2) is 0 Å². The third-order valence-corrected chi connectivity index (χ3v) is 2.69. The van der Waals surface area contributed by atoms with Gasteiger partial charge in [0.2, 0.25) is 0 Å². The van der Waals surface area contributed by atoms with Crippen LogP contribution in [0, 0.1) is 0 Å². The first-order chi connectivity index (χ1) is 7.06. The molecule has 0 aliphatic carbocycles. The molecule has 88 valence electrons. The van der Waals surface area contributed by atoms with Gasteiger partial charge in [-0.2, -0.15) is 0 Å². The number of hydrogen-bond donors (Lipinski definition) is 1. The summed E-state index contributed by atoms with van der Waals surface area (Å²) in [5.74, 6) is -0.517. The average molecular weight is 216 g/mol. The smallest absolute Gasteiger partial charge is 0.166 e. The van der Waals surface area contributed by atoms with Gasteiger partial charge in [-0.25, -0.2) is 0 Å². The van der Waals surface area contributed by atoms with Crippen LogP contribution in [-0.4, -0.2) is 36.0 Å². The summed E-state index contributed by atoms with van der Waals surface area (Å²) in [6.07, 6.45) is 1.34. The second-order valence-electron chi connectivity index (χ2n) is 4.14. The SMILES string of the molecule is CCC(O)CC(=O)CCC1(C)OCCO1. The Hall–Kier alpha value is -0.450. The molecule has 1 fully saturated rings. The highest BCUT2D eigenvalue weighted by molar-refractivity contribution is 5.78. The molecule has 0 aromatic carbocycles. The van der Waals surface area contributed by atoms with Crippen LogP contribution in [0.5, 0.6) is 0 Å². The molecule has 0 aromatic rings. The zero-order valence-electron chi connectivity index (χ0n) is 9.49. The molecule has 1 heterocycles. The minimum atomic E-state index is -0.590. The van der Waals surface area contributed by atoms with Crippen molar-refractivity contribution in [2.45, 2.75) is 51.4 Å². The molecule has 0 amide bonds. The van der Waals surface area contributed by atoms with E-state index in [-0.39, 0.29) is 12.2 Å². The third-order valence-electron chi connectivity index (χ3n) is 2.69. The van der Waals surface area contributed by atoms with Crippen LogP contribution >= 0.6 is 0 Å². The fraction of sp³-hybridized carbons (Fsp3) is 0.909. The first-order valence-electron chi connectivity index (χ1n) is 5.53. The lowest BCUT2D eigenvalue weighted by atomic mass is 10.0. The number of hydrogen-bond acceptors (Lipinski definition) is 4. The van der Waals surface area contributed by atoms with Gasteiger partial charge in [0, 0.05) is 19.3 Å². The van der Waals surface area contributed by atoms with E-state index in [1.54, 1.807) is 0 Å². The van der Waals surface area contributed by atoms with Crippen molar-refractivity contribution < 1.29 is 19.4 Å². The second kappa shape index (κ2) is 5.58. The number of ketones is 1. The quantitative estimate of drug-likeness (QED) is 0.726. The van der Waals surface area contributed by atoms with Crippen LogP contribution in [0.3, 0.4) is 0 Å². The van der Waals surface area contributed by atoms with E-state index in [2.05, 4.69) is 0 Å². The van der Waals surface area contributed by atoms with E-state index in [1.165, 1.54) is 0 Å². The van der Waals surface area contributed by atoms with Gasteiger partial charge in [0.15, 0.2) is 5.79 Å². The minimum Gasteiger partial charge on any atom is -0.393 e. The van der Waals surface area contributed by atoms with Crippen molar-refractivity contribution in [2.75, 3.05) is 13.2 Å². The lowest BCUT2D eigenvalue weighted by Crippen LogP contribution is -2.26. The molecule has 1 unspecified atom stereocenters. The second-order valence-corrected chi connectivity index (χ2v) is 4.14. The van der Waals surface area contributed by atoms with E-state index in [9.17, 15) is 9.90 Å². The summed E-state index contributed by atoms with van der Waals surface area (Å²) in [5, 5.41) is 9.30. The largest absolute Gasteiger partial charge is 0.393 e. The Labute approximate surface area is 90.6 Å². The molecule has 0 spiro atoms. The van der Waals surface area contributed by atoms with Crippen LogP contribution in [0.4, 0.5) is 0 Å². The van der Waals surface area contributed by atoms with E-state index < -0.39 is 11.9 Å². The number of rotatable bonds is 6. The molecule has 1 saturated heterocycles. The summed E-state index contributed by atoms with van der Waals surface area (Å²) < 4.78 is 10.8. The Morgan fingerprint density at radius 2 is 2.07 bits per heavy atom. The number of aliphatic hydroxyl groups excluding tert-OH is 1. The fourth-order valence-electron chi connectivity index (χ4n) is 1.58. The molecule has 1 N–H and O–H groups in total. The Morgan fingerprint density at radius 3 is 2.60 bits per heavy atom. The molecule has 1 rings (SSSR count). The Kier molecular flexibility index (Phi) is 4.70. The highest BCUT2D eigenvalue weighted by atomic mass is 16.7. The molecule has 0 saturated carbocycles. The highest BCUT2D eigenvalue weighted by Crippen LogP contribution is 2.24. The number of aliphatic hydroxyl groups is 1. The zero-order valence-corrected chi connectivity index (χ0v) is 9.49. The first-order valence-corrected chi connectivity index (χ1v) is 5.53. The van der Waals surface area contributed by atoms with Crippen molar-refractivity contribution in [1.29, 1.82) is 0 Å². The molecule has 1 aliphatic rings. The molecular weight excluding hydrogens is 196 g/mol. The van der Waals surface area contributed by atoms with E-state index in [1.807, 2.05) is 13.8 Å². The van der Waals surface area contributed by atoms with Crippen molar-refractivity contribution in [3.63, 3.8) is 0 Å². The summed E-state index contributed by atoms with van der Waals surface area (Å²) in [6, 6.07) is 0. The predicted octanol–water partition coefficient (Wildman–Crippen LogP) is 1.26. The van der Waals surface area contributed by atoms with Gasteiger partial charge in [-0.05, 0) is 13.3 Å². The van der Waals surface area contributed by atoms with Gasteiger partial charge in [0.25, 0.3) is 0 Å². The summed E-state index contributed by atoms with van der Waals surface area (Å²) in [7, 11) is 0. The summed E-state index contributed by atoms with van der Waals surface area (Å²) in [5.41, 5.74) is 0. The molecule has 15 heavy (non-hydrogen) atoms. The monoisotopic (exact) mass is 216 g/mol. The Bertz CT molecular complexity index is 209. The topological polar surface area (TPSA) is 55.8 Å². The number of Topliss-reactive ketones (excluding diaryl/α,β-unsaturated/α-hetero) is 1. The molecular formula is C11H20O4. The van der Waals surface area contributed by atoms with E-state index in [0.717, 1.165) is 0 Å². The van der Waals surface area contributed by atoms with Crippen LogP contribution in [-0.2, 0) is 14.3 Å². The van der Waals surface area contributed by atoms with Crippen molar-refractivity contribution >= 4 is 5.78 Å². The molecule has 4 nitrogen and oxygen atoms in total. The normalized spacial score (nSPS) is 21.5. The fourth-order valence-corrected chi connectivity index (χ4v) is 1.58.